The van der Waals surface area contributed by atoms with Crippen molar-refractivity contribution < 1.29 is 9.53 Å². The van der Waals surface area contributed by atoms with E-state index in [4.69, 9.17) is 4.74 Å². The highest BCUT2D eigenvalue weighted by molar-refractivity contribution is 5.90. The fourth-order valence-electron chi connectivity index (χ4n) is 7.86. The molecule has 4 fully saturated rings. The van der Waals surface area contributed by atoms with Crippen LogP contribution in [0.15, 0.2) is 59.7 Å². The number of nitrogens with one attached hydrogen (secondary N) is 2. The van der Waals surface area contributed by atoms with Crippen molar-refractivity contribution in [2.24, 2.45) is 22.9 Å². The lowest BCUT2D eigenvalue weighted by Crippen LogP contribution is -2.48. The molecule has 2 N–H and O–H groups in total. The third-order valence-corrected chi connectivity index (χ3v) is 9.04. The number of carbonyl (C=O) groups is 1. The molecule has 0 saturated heterocycles. The van der Waals surface area contributed by atoms with Gasteiger partial charge in [-0.15, -0.1) is 0 Å². The zero-order chi connectivity index (χ0) is 26.3. The van der Waals surface area contributed by atoms with Crippen LogP contribution in [0.1, 0.15) is 68.0 Å². The van der Waals surface area contributed by atoms with Crippen LogP contribution in [-0.4, -0.2) is 23.4 Å². The second kappa shape index (κ2) is 9.97. The molecule has 4 aliphatic rings. The van der Waals surface area contributed by atoms with E-state index >= 15 is 0 Å². The largest absolute Gasteiger partial charge is 0.494 e. The Kier molecular flexibility index (Phi) is 6.50. The summed E-state index contributed by atoms with van der Waals surface area (Å²) in [4.78, 5) is 12.5. The maximum absolute atomic E-state index is 12.5. The van der Waals surface area contributed by atoms with E-state index in [9.17, 15) is 4.79 Å². The molecule has 0 aliphatic heterocycles. The summed E-state index contributed by atoms with van der Waals surface area (Å²) in [6.45, 7) is 6.74. The Bertz CT molecular complexity index is 1300. The van der Waals surface area contributed by atoms with Crippen molar-refractivity contribution in [1.82, 2.24) is 9.99 Å². The summed E-state index contributed by atoms with van der Waals surface area (Å²) in [5.41, 5.74) is 9.40. The van der Waals surface area contributed by atoms with E-state index in [-0.39, 0.29) is 6.03 Å². The predicted molar refractivity (Wildman–Crippen MR) is 152 cm³/mol. The molecule has 0 radical (unpaired) electrons. The van der Waals surface area contributed by atoms with Gasteiger partial charge in [0.1, 0.15) is 5.75 Å². The van der Waals surface area contributed by atoms with E-state index in [2.05, 4.69) is 52.5 Å². The molecule has 4 aliphatic carbocycles. The molecule has 0 spiro atoms. The number of nitrogens with zero attached hydrogens (tertiary/aromatic N) is 2. The summed E-state index contributed by atoms with van der Waals surface area (Å²) in [5.74, 6) is 3.63. The molecule has 0 unspecified atom stereocenters. The van der Waals surface area contributed by atoms with Gasteiger partial charge in [0, 0.05) is 28.3 Å². The maximum Gasteiger partial charge on any atom is 0.339 e. The van der Waals surface area contributed by atoms with Crippen LogP contribution in [0, 0.1) is 31.6 Å². The van der Waals surface area contributed by atoms with Gasteiger partial charge >= 0.3 is 6.03 Å². The zero-order valence-electron chi connectivity index (χ0n) is 22.7. The molecule has 6 heteroatoms. The number of aromatic nitrogens is 1. The van der Waals surface area contributed by atoms with Gasteiger partial charge in [0.15, 0.2) is 0 Å². The summed E-state index contributed by atoms with van der Waals surface area (Å²) in [6.07, 6.45) is 10.1. The third kappa shape index (κ3) is 4.72. The minimum Gasteiger partial charge on any atom is -0.494 e. The first-order valence-electron chi connectivity index (χ1n) is 14.1. The second-order valence-corrected chi connectivity index (χ2v) is 11.7. The monoisotopic (exact) mass is 510 g/mol. The number of carbonyl (C=O) groups excluding carboxylic acids is 1. The lowest BCUT2D eigenvalue weighted by Gasteiger charge is -2.57. The van der Waals surface area contributed by atoms with Crippen LogP contribution in [0.5, 0.6) is 5.75 Å². The summed E-state index contributed by atoms with van der Waals surface area (Å²) in [7, 11) is 0. The predicted octanol–water partition coefficient (Wildman–Crippen LogP) is 7.12. The minimum absolute atomic E-state index is 0.343. The molecule has 38 heavy (non-hydrogen) atoms. The number of ether oxygens (including phenoxy) is 1. The van der Waals surface area contributed by atoms with Gasteiger partial charge in [-0.1, -0.05) is 12.1 Å². The van der Waals surface area contributed by atoms with Gasteiger partial charge in [0.25, 0.3) is 0 Å². The van der Waals surface area contributed by atoms with Crippen molar-refractivity contribution >= 4 is 17.9 Å². The van der Waals surface area contributed by atoms with Gasteiger partial charge in [-0.3, -0.25) is 0 Å². The first kappa shape index (κ1) is 24.8. The molecule has 7 rings (SSSR count). The Morgan fingerprint density at radius 2 is 1.63 bits per heavy atom. The normalized spacial score (nSPS) is 25.6. The zero-order valence-corrected chi connectivity index (χ0v) is 22.7. The Hall–Kier alpha value is -3.54. The molecule has 4 saturated carbocycles. The molecular weight excluding hydrogens is 472 g/mol. The summed E-state index contributed by atoms with van der Waals surface area (Å²) >= 11 is 0. The SMILES string of the molecule is CCOc1ccc(-n2c(C)cc(/C=N/NC(=O)Nc3ccc(C45CC6CC(CC(C6)C4)C5)cc3)c2C)cc1. The number of hydrogen-bond donors (Lipinski definition) is 2. The maximum atomic E-state index is 12.5. The highest BCUT2D eigenvalue weighted by Crippen LogP contribution is 2.60. The minimum atomic E-state index is -0.343. The standard InChI is InChI=1S/C32H38N4O2/c1-4-38-30-11-9-29(10-12-30)36-21(2)13-26(22(36)3)20-33-35-31(37)34-28-7-5-27(6-8-28)32-17-23-14-24(18-32)16-25(15-23)19-32/h5-13,20,23-25H,4,14-19H2,1-3H3,(H2,34,35,37)/b33-20+. The quantitative estimate of drug-likeness (QED) is 0.263. The molecule has 2 aromatic carbocycles. The van der Waals surface area contributed by atoms with Crippen LogP contribution >= 0.6 is 0 Å². The first-order valence-corrected chi connectivity index (χ1v) is 14.1. The number of aryl methyl sites for hydroxylation is 1. The van der Waals surface area contributed by atoms with Gasteiger partial charge in [-0.05, 0) is 130 Å². The summed E-state index contributed by atoms with van der Waals surface area (Å²) < 4.78 is 7.73. The average Bonchev–Trinajstić information content (AvgIpc) is 3.17. The van der Waals surface area contributed by atoms with Crippen LogP contribution in [0.2, 0.25) is 0 Å². The van der Waals surface area contributed by atoms with Crippen molar-refractivity contribution in [3.63, 3.8) is 0 Å². The number of anilines is 1. The molecule has 6 nitrogen and oxygen atoms in total. The van der Waals surface area contributed by atoms with E-state index in [0.29, 0.717) is 12.0 Å². The Morgan fingerprint density at radius 1 is 1.00 bits per heavy atom. The van der Waals surface area contributed by atoms with Crippen LogP contribution in [0.4, 0.5) is 10.5 Å². The van der Waals surface area contributed by atoms with E-state index in [1.165, 1.54) is 44.1 Å². The first-order chi connectivity index (χ1) is 18.4. The number of rotatable bonds is 7. The van der Waals surface area contributed by atoms with Gasteiger partial charge in [-0.2, -0.15) is 5.10 Å². The smallest absolute Gasteiger partial charge is 0.339 e. The van der Waals surface area contributed by atoms with E-state index in [0.717, 1.165) is 51.8 Å². The third-order valence-electron chi connectivity index (χ3n) is 9.04. The molecule has 1 aromatic heterocycles. The van der Waals surface area contributed by atoms with E-state index < -0.39 is 0 Å². The highest BCUT2D eigenvalue weighted by Gasteiger charge is 2.51. The number of hydrogen-bond acceptors (Lipinski definition) is 3. The lowest BCUT2D eigenvalue weighted by molar-refractivity contribution is -0.00518. The molecule has 2 amide bonds. The summed E-state index contributed by atoms with van der Waals surface area (Å²) in [6, 6.07) is 18.3. The van der Waals surface area contributed by atoms with Crippen molar-refractivity contribution in [1.29, 1.82) is 0 Å². The van der Waals surface area contributed by atoms with Crippen LogP contribution < -0.4 is 15.5 Å². The second-order valence-electron chi connectivity index (χ2n) is 11.7. The number of amides is 2. The Labute approximate surface area is 225 Å². The van der Waals surface area contributed by atoms with Gasteiger partial charge < -0.3 is 14.6 Å². The van der Waals surface area contributed by atoms with Gasteiger partial charge in [0.2, 0.25) is 0 Å². The molecule has 0 atom stereocenters. The number of hydrazone groups is 1. The van der Waals surface area contributed by atoms with Crippen LogP contribution in [-0.2, 0) is 5.41 Å². The van der Waals surface area contributed by atoms with Gasteiger partial charge in [-0.25, -0.2) is 10.2 Å². The lowest BCUT2D eigenvalue weighted by atomic mass is 9.48. The summed E-state index contributed by atoms with van der Waals surface area (Å²) in [5, 5.41) is 7.13. The molecule has 4 bridgehead atoms. The highest BCUT2D eigenvalue weighted by atomic mass is 16.5. The fourth-order valence-corrected chi connectivity index (χ4v) is 7.86. The fraction of sp³-hybridized carbons (Fsp3) is 0.438. The van der Waals surface area contributed by atoms with Gasteiger partial charge in [0.05, 0.1) is 12.8 Å². The van der Waals surface area contributed by atoms with E-state index in [1.54, 1.807) is 6.21 Å². The molecule has 198 valence electrons. The number of urea groups is 1. The van der Waals surface area contributed by atoms with Crippen molar-refractivity contribution in [2.75, 3.05) is 11.9 Å². The van der Waals surface area contributed by atoms with Crippen molar-refractivity contribution in [2.45, 2.75) is 64.7 Å². The number of benzene rings is 2. The average molecular weight is 511 g/mol. The molecule has 3 aromatic rings. The van der Waals surface area contributed by atoms with Crippen molar-refractivity contribution in [3.05, 3.63) is 77.1 Å². The van der Waals surface area contributed by atoms with Crippen LogP contribution in [0.25, 0.3) is 5.69 Å². The van der Waals surface area contributed by atoms with E-state index in [1.807, 2.05) is 43.3 Å². The molecule has 1 heterocycles. The topological polar surface area (TPSA) is 67.6 Å². The Balaban J connectivity index is 1.07. The van der Waals surface area contributed by atoms with Crippen molar-refractivity contribution in [3.8, 4) is 11.4 Å². The van der Waals surface area contributed by atoms with Crippen LogP contribution in [0.3, 0.4) is 0 Å². The molecular formula is C32H38N4O2. The Morgan fingerprint density at radius 3 is 2.24 bits per heavy atom.